The number of likely N-dealkylation sites (N-methyl/N-ethyl adjacent to an activating group) is 2. The van der Waals surface area contributed by atoms with Gasteiger partial charge in [0.25, 0.3) is 0 Å². The number of hydrogen-bond acceptors (Lipinski definition) is 4. The van der Waals surface area contributed by atoms with Gasteiger partial charge in [-0.15, -0.1) is 11.3 Å². The number of rotatable bonds is 5. The number of benzene rings is 1. The van der Waals surface area contributed by atoms with Crippen LogP contribution in [0.1, 0.15) is 5.69 Å². The molecule has 1 aliphatic rings. The smallest absolute Gasteiger partial charge is 0.242 e. The van der Waals surface area contributed by atoms with Crippen molar-refractivity contribution in [1.29, 1.82) is 0 Å². The number of amides is 2. The third kappa shape index (κ3) is 5.11. The SMILES string of the molecule is CN(CC(=O)N1CC[NH+](C)CC1)C(=O)Cc1csc(-c2ccc(F)cc2)n1. The van der Waals surface area contributed by atoms with E-state index in [-0.39, 0.29) is 30.6 Å². The van der Waals surface area contributed by atoms with Crippen LogP contribution in [0.4, 0.5) is 4.39 Å². The third-order valence-electron chi connectivity index (χ3n) is 4.74. The van der Waals surface area contributed by atoms with Crippen LogP contribution in [-0.4, -0.2) is 73.4 Å². The number of quaternary nitrogens is 1. The Balaban J connectivity index is 1.54. The van der Waals surface area contributed by atoms with E-state index in [4.69, 9.17) is 0 Å². The lowest BCUT2D eigenvalue weighted by atomic mass is 10.2. The Bertz CT molecular complexity index is 800. The number of halogens is 1. The van der Waals surface area contributed by atoms with Crippen molar-refractivity contribution in [2.75, 3.05) is 46.8 Å². The molecule has 27 heavy (non-hydrogen) atoms. The first-order valence-electron chi connectivity index (χ1n) is 8.96. The van der Waals surface area contributed by atoms with Gasteiger partial charge in [0.15, 0.2) is 0 Å². The predicted octanol–water partition coefficient (Wildman–Crippen LogP) is 0.307. The monoisotopic (exact) mass is 391 g/mol. The number of hydrogen-bond donors (Lipinski definition) is 1. The highest BCUT2D eigenvalue weighted by Crippen LogP contribution is 2.24. The van der Waals surface area contributed by atoms with Gasteiger partial charge >= 0.3 is 0 Å². The second-order valence-electron chi connectivity index (χ2n) is 6.92. The Morgan fingerprint density at radius 3 is 2.59 bits per heavy atom. The topological polar surface area (TPSA) is 58.0 Å². The van der Waals surface area contributed by atoms with Crippen LogP contribution in [-0.2, 0) is 16.0 Å². The van der Waals surface area contributed by atoms with Crippen molar-refractivity contribution in [1.82, 2.24) is 14.8 Å². The molecule has 1 fully saturated rings. The van der Waals surface area contributed by atoms with Gasteiger partial charge in [-0.1, -0.05) is 0 Å². The molecular formula is C19H24FN4O2S+. The van der Waals surface area contributed by atoms with E-state index in [0.29, 0.717) is 5.69 Å². The normalized spacial score (nSPS) is 15.0. The molecule has 3 rings (SSSR count). The van der Waals surface area contributed by atoms with E-state index in [2.05, 4.69) is 12.0 Å². The minimum atomic E-state index is -0.293. The van der Waals surface area contributed by atoms with Crippen molar-refractivity contribution in [2.45, 2.75) is 6.42 Å². The Morgan fingerprint density at radius 2 is 1.93 bits per heavy atom. The Hall–Kier alpha value is -2.32. The lowest BCUT2D eigenvalue weighted by molar-refractivity contribution is -0.883. The van der Waals surface area contributed by atoms with Gasteiger partial charge in [-0.2, -0.15) is 0 Å². The summed E-state index contributed by atoms with van der Waals surface area (Å²) in [6.45, 7) is 3.44. The molecule has 1 aromatic carbocycles. The summed E-state index contributed by atoms with van der Waals surface area (Å²) in [5.74, 6) is -0.443. The summed E-state index contributed by atoms with van der Waals surface area (Å²) < 4.78 is 13.0. The van der Waals surface area contributed by atoms with Crippen molar-refractivity contribution in [3.8, 4) is 10.6 Å². The number of thiazole rings is 1. The molecule has 1 saturated heterocycles. The number of carbonyl (C=O) groups is 2. The molecule has 0 aliphatic carbocycles. The summed E-state index contributed by atoms with van der Waals surface area (Å²) in [4.78, 5) is 34.0. The fraction of sp³-hybridized carbons (Fsp3) is 0.421. The average molecular weight is 391 g/mol. The lowest BCUT2D eigenvalue weighted by Crippen LogP contribution is -3.12. The van der Waals surface area contributed by atoms with Gasteiger partial charge in [-0.25, -0.2) is 9.37 Å². The summed E-state index contributed by atoms with van der Waals surface area (Å²) >= 11 is 1.42. The molecule has 0 unspecified atom stereocenters. The average Bonchev–Trinajstić information content (AvgIpc) is 3.11. The first-order chi connectivity index (χ1) is 12.9. The van der Waals surface area contributed by atoms with Crippen molar-refractivity contribution in [2.24, 2.45) is 0 Å². The zero-order valence-electron chi connectivity index (χ0n) is 15.6. The fourth-order valence-corrected chi connectivity index (χ4v) is 3.76. The molecule has 8 heteroatoms. The summed E-state index contributed by atoms with van der Waals surface area (Å²) in [7, 11) is 3.76. The number of carbonyl (C=O) groups excluding carboxylic acids is 2. The van der Waals surface area contributed by atoms with Gasteiger partial charge in [0, 0.05) is 18.0 Å². The Morgan fingerprint density at radius 1 is 1.26 bits per heavy atom. The fourth-order valence-electron chi connectivity index (χ4n) is 2.93. The molecular weight excluding hydrogens is 367 g/mol. The maximum absolute atomic E-state index is 13.0. The highest BCUT2D eigenvalue weighted by Gasteiger charge is 2.23. The summed E-state index contributed by atoms with van der Waals surface area (Å²) in [6.07, 6.45) is 0.147. The van der Waals surface area contributed by atoms with Gasteiger partial charge < -0.3 is 14.7 Å². The van der Waals surface area contributed by atoms with E-state index in [1.54, 1.807) is 19.2 Å². The van der Waals surface area contributed by atoms with E-state index in [9.17, 15) is 14.0 Å². The molecule has 1 aliphatic heterocycles. The van der Waals surface area contributed by atoms with Crippen molar-refractivity contribution < 1.29 is 18.9 Å². The van der Waals surface area contributed by atoms with Crippen molar-refractivity contribution in [3.05, 3.63) is 41.2 Å². The van der Waals surface area contributed by atoms with Crippen LogP contribution in [0.3, 0.4) is 0 Å². The molecule has 0 radical (unpaired) electrons. The van der Waals surface area contributed by atoms with E-state index >= 15 is 0 Å². The Kier molecular flexibility index (Phi) is 6.18. The van der Waals surface area contributed by atoms with Gasteiger partial charge in [0.1, 0.15) is 10.8 Å². The van der Waals surface area contributed by atoms with Crippen LogP contribution in [0.5, 0.6) is 0 Å². The Labute approximate surface area is 162 Å². The molecule has 0 atom stereocenters. The number of piperazine rings is 1. The van der Waals surface area contributed by atoms with Crippen LogP contribution in [0.25, 0.3) is 10.6 Å². The van der Waals surface area contributed by atoms with Gasteiger partial charge in [0.05, 0.1) is 51.9 Å². The third-order valence-corrected chi connectivity index (χ3v) is 5.68. The van der Waals surface area contributed by atoms with Crippen LogP contribution in [0, 0.1) is 5.82 Å². The zero-order valence-corrected chi connectivity index (χ0v) is 16.4. The second kappa shape index (κ2) is 8.58. The highest BCUT2D eigenvalue weighted by atomic mass is 32.1. The van der Waals surface area contributed by atoms with Crippen LogP contribution in [0.15, 0.2) is 29.6 Å². The first kappa shape index (κ1) is 19.4. The molecule has 0 spiro atoms. The van der Waals surface area contributed by atoms with Crippen LogP contribution in [0.2, 0.25) is 0 Å². The number of nitrogens with zero attached hydrogens (tertiary/aromatic N) is 3. The summed E-state index contributed by atoms with van der Waals surface area (Å²) in [6, 6.07) is 6.12. The minimum Gasteiger partial charge on any atom is -0.336 e. The van der Waals surface area contributed by atoms with Crippen molar-refractivity contribution >= 4 is 23.2 Å². The van der Waals surface area contributed by atoms with Crippen molar-refractivity contribution in [3.63, 3.8) is 0 Å². The molecule has 0 bridgehead atoms. The van der Waals surface area contributed by atoms with E-state index < -0.39 is 0 Å². The first-order valence-corrected chi connectivity index (χ1v) is 9.83. The maximum atomic E-state index is 13.0. The predicted molar refractivity (Wildman–Crippen MR) is 102 cm³/mol. The van der Waals surface area contributed by atoms with Gasteiger partial charge in [-0.3, -0.25) is 9.59 Å². The van der Waals surface area contributed by atoms with E-state index in [1.807, 2.05) is 10.3 Å². The molecule has 0 saturated carbocycles. The van der Waals surface area contributed by atoms with Gasteiger partial charge in [-0.05, 0) is 24.3 Å². The molecule has 1 N–H and O–H groups in total. The number of nitrogens with one attached hydrogen (secondary N) is 1. The van der Waals surface area contributed by atoms with Crippen LogP contribution < -0.4 is 4.90 Å². The van der Waals surface area contributed by atoms with Crippen LogP contribution >= 0.6 is 11.3 Å². The minimum absolute atomic E-state index is 0.0105. The molecule has 2 heterocycles. The van der Waals surface area contributed by atoms with Gasteiger partial charge in [0.2, 0.25) is 11.8 Å². The molecule has 1 aromatic heterocycles. The second-order valence-corrected chi connectivity index (χ2v) is 7.77. The zero-order chi connectivity index (χ0) is 19.4. The highest BCUT2D eigenvalue weighted by molar-refractivity contribution is 7.13. The lowest BCUT2D eigenvalue weighted by Gasteiger charge is -2.31. The van der Waals surface area contributed by atoms with E-state index in [1.165, 1.54) is 33.3 Å². The maximum Gasteiger partial charge on any atom is 0.242 e. The summed E-state index contributed by atoms with van der Waals surface area (Å²) in [5, 5.41) is 2.58. The number of aromatic nitrogens is 1. The molecule has 2 aromatic rings. The quantitative estimate of drug-likeness (QED) is 0.798. The summed E-state index contributed by atoms with van der Waals surface area (Å²) in [5.41, 5.74) is 1.48. The largest absolute Gasteiger partial charge is 0.336 e. The molecule has 2 amide bonds. The molecule has 6 nitrogen and oxygen atoms in total. The standard InChI is InChI=1S/C19H23FN4O2S/c1-22-7-9-24(10-8-22)18(26)12-23(2)17(25)11-16-13-27-19(21-16)14-3-5-15(20)6-4-14/h3-6,13H,7-12H2,1-2H3/p+1. The molecule has 144 valence electrons. The van der Waals surface area contributed by atoms with E-state index in [0.717, 1.165) is 36.8 Å².